The average molecular weight is 176 g/mol. The molecule has 0 atom stereocenters. The van der Waals surface area contributed by atoms with E-state index in [9.17, 15) is 0 Å². The lowest BCUT2D eigenvalue weighted by atomic mass is 10.1. The Morgan fingerprint density at radius 3 is 2.38 bits per heavy atom. The number of aryl methyl sites for hydroxylation is 1. The van der Waals surface area contributed by atoms with Gasteiger partial charge in [0.05, 0.1) is 7.11 Å². The summed E-state index contributed by atoms with van der Waals surface area (Å²) in [6.45, 7) is 4.19. The van der Waals surface area contributed by atoms with Crippen LogP contribution in [-0.2, 0) is 4.74 Å². The van der Waals surface area contributed by atoms with Crippen molar-refractivity contribution in [3.63, 3.8) is 0 Å². The van der Waals surface area contributed by atoms with E-state index in [1.165, 1.54) is 5.56 Å². The highest BCUT2D eigenvalue weighted by Gasteiger charge is 1.98. The van der Waals surface area contributed by atoms with E-state index >= 15 is 0 Å². The van der Waals surface area contributed by atoms with Crippen LogP contribution in [0.25, 0.3) is 5.76 Å². The third-order valence-electron chi connectivity index (χ3n) is 1.95. The van der Waals surface area contributed by atoms with Gasteiger partial charge in [-0.2, -0.15) is 0 Å². The van der Waals surface area contributed by atoms with Crippen LogP contribution in [-0.4, -0.2) is 7.11 Å². The molecule has 13 heavy (non-hydrogen) atoms. The van der Waals surface area contributed by atoms with E-state index in [0.29, 0.717) is 0 Å². The molecule has 0 fully saturated rings. The third-order valence-corrected chi connectivity index (χ3v) is 1.95. The number of benzene rings is 1. The molecule has 1 heteroatoms. The zero-order chi connectivity index (χ0) is 9.68. The molecule has 0 saturated carbocycles. The summed E-state index contributed by atoms with van der Waals surface area (Å²) in [5, 5.41) is 0. The first-order chi connectivity index (χ1) is 6.27. The Kier molecular flexibility index (Phi) is 3.56. The predicted octanol–water partition coefficient (Wildman–Crippen LogP) is 3.39. The smallest absolute Gasteiger partial charge is 0.122 e. The minimum absolute atomic E-state index is 0.961. The van der Waals surface area contributed by atoms with Crippen LogP contribution in [0, 0.1) is 6.92 Å². The van der Waals surface area contributed by atoms with Gasteiger partial charge in [-0.1, -0.05) is 36.8 Å². The first kappa shape index (κ1) is 9.85. The van der Waals surface area contributed by atoms with Crippen molar-refractivity contribution in [2.75, 3.05) is 7.11 Å². The molecule has 0 saturated heterocycles. The van der Waals surface area contributed by atoms with Crippen molar-refractivity contribution in [3.8, 4) is 0 Å². The van der Waals surface area contributed by atoms with Crippen molar-refractivity contribution < 1.29 is 4.74 Å². The van der Waals surface area contributed by atoms with Gasteiger partial charge >= 0.3 is 0 Å². The second kappa shape index (κ2) is 4.70. The van der Waals surface area contributed by atoms with Gasteiger partial charge in [0.2, 0.25) is 0 Å². The highest BCUT2D eigenvalue weighted by atomic mass is 16.5. The zero-order valence-electron chi connectivity index (χ0n) is 8.50. The quantitative estimate of drug-likeness (QED) is 0.641. The SMILES string of the molecule is CC/C=C(\OC)c1ccc(C)cc1. The van der Waals surface area contributed by atoms with Gasteiger partial charge < -0.3 is 4.74 Å². The lowest BCUT2D eigenvalue weighted by molar-refractivity contribution is 0.369. The Morgan fingerprint density at radius 1 is 1.31 bits per heavy atom. The number of methoxy groups -OCH3 is 1. The van der Waals surface area contributed by atoms with Gasteiger partial charge in [0.15, 0.2) is 0 Å². The van der Waals surface area contributed by atoms with E-state index in [0.717, 1.165) is 17.7 Å². The molecule has 0 aliphatic heterocycles. The molecule has 1 rings (SSSR count). The molecular formula is C12H16O. The van der Waals surface area contributed by atoms with Crippen LogP contribution in [0.15, 0.2) is 30.3 Å². The minimum Gasteiger partial charge on any atom is -0.496 e. The van der Waals surface area contributed by atoms with Gasteiger partial charge in [0.1, 0.15) is 5.76 Å². The highest BCUT2D eigenvalue weighted by molar-refractivity contribution is 5.59. The molecule has 0 aliphatic rings. The lowest BCUT2D eigenvalue weighted by Crippen LogP contribution is -1.87. The fourth-order valence-corrected chi connectivity index (χ4v) is 1.22. The summed E-state index contributed by atoms with van der Waals surface area (Å²) in [6, 6.07) is 8.36. The summed E-state index contributed by atoms with van der Waals surface area (Å²) in [7, 11) is 1.71. The maximum absolute atomic E-state index is 5.28. The van der Waals surface area contributed by atoms with Crippen molar-refractivity contribution in [1.82, 2.24) is 0 Å². The number of ether oxygens (including phenoxy) is 1. The van der Waals surface area contributed by atoms with Crippen molar-refractivity contribution in [3.05, 3.63) is 41.5 Å². The monoisotopic (exact) mass is 176 g/mol. The van der Waals surface area contributed by atoms with E-state index < -0.39 is 0 Å². The summed E-state index contributed by atoms with van der Waals surface area (Å²) < 4.78 is 5.28. The summed E-state index contributed by atoms with van der Waals surface area (Å²) in [5.41, 5.74) is 2.42. The molecule has 1 nitrogen and oxygen atoms in total. The van der Waals surface area contributed by atoms with Crippen molar-refractivity contribution in [2.45, 2.75) is 20.3 Å². The van der Waals surface area contributed by atoms with Gasteiger partial charge in [-0.15, -0.1) is 0 Å². The van der Waals surface area contributed by atoms with E-state index in [4.69, 9.17) is 4.74 Å². The summed E-state index contributed by atoms with van der Waals surface area (Å²) in [5.74, 6) is 0.961. The molecule has 0 radical (unpaired) electrons. The van der Waals surface area contributed by atoms with Crippen LogP contribution in [0.5, 0.6) is 0 Å². The lowest BCUT2D eigenvalue weighted by Gasteiger charge is -2.05. The van der Waals surface area contributed by atoms with E-state index in [2.05, 4.69) is 44.2 Å². The number of rotatable bonds is 3. The summed E-state index contributed by atoms with van der Waals surface area (Å²) >= 11 is 0. The molecule has 0 unspecified atom stereocenters. The Morgan fingerprint density at radius 2 is 1.92 bits per heavy atom. The molecule has 0 aliphatic carbocycles. The molecule has 70 valence electrons. The second-order valence-corrected chi connectivity index (χ2v) is 3.05. The maximum atomic E-state index is 5.28. The predicted molar refractivity (Wildman–Crippen MR) is 56.5 cm³/mol. The van der Waals surface area contributed by atoms with E-state index in [1.54, 1.807) is 7.11 Å². The normalized spacial score (nSPS) is 11.5. The van der Waals surface area contributed by atoms with Crippen molar-refractivity contribution in [2.24, 2.45) is 0 Å². The Hall–Kier alpha value is -1.24. The maximum Gasteiger partial charge on any atom is 0.122 e. The standard InChI is InChI=1S/C12H16O/c1-4-5-12(13-3)11-8-6-10(2)7-9-11/h5-9H,4H2,1-3H3/b12-5-. The molecule has 0 aromatic heterocycles. The van der Waals surface area contributed by atoms with Crippen LogP contribution in [0.1, 0.15) is 24.5 Å². The summed E-state index contributed by atoms with van der Waals surface area (Å²) in [4.78, 5) is 0. The fraction of sp³-hybridized carbons (Fsp3) is 0.333. The zero-order valence-corrected chi connectivity index (χ0v) is 8.50. The minimum atomic E-state index is 0.961. The number of allylic oxidation sites excluding steroid dienone is 1. The molecule has 0 heterocycles. The number of hydrogen-bond acceptors (Lipinski definition) is 1. The van der Waals surface area contributed by atoms with Crippen molar-refractivity contribution >= 4 is 5.76 Å². The largest absolute Gasteiger partial charge is 0.496 e. The Balaban J connectivity index is 2.92. The highest BCUT2D eigenvalue weighted by Crippen LogP contribution is 2.15. The van der Waals surface area contributed by atoms with E-state index in [1.807, 2.05) is 0 Å². The van der Waals surface area contributed by atoms with Gasteiger partial charge in [-0.3, -0.25) is 0 Å². The molecule has 0 amide bonds. The van der Waals surface area contributed by atoms with Crippen molar-refractivity contribution in [1.29, 1.82) is 0 Å². The molecule has 1 aromatic carbocycles. The molecule has 1 aromatic rings. The first-order valence-corrected chi connectivity index (χ1v) is 4.59. The van der Waals surface area contributed by atoms with Crippen LogP contribution < -0.4 is 0 Å². The molecule has 0 spiro atoms. The van der Waals surface area contributed by atoms with Gasteiger partial charge in [-0.25, -0.2) is 0 Å². The Labute approximate surface area is 80.0 Å². The van der Waals surface area contributed by atoms with Gasteiger partial charge in [-0.05, 0) is 19.4 Å². The van der Waals surface area contributed by atoms with Crippen LogP contribution in [0.2, 0.25) is 0 Å². The number of hydrogen-bond donors (Lipinski definition) is 0. The topological polar surface area (TPSA) is 9.23 Å². The van der Waals surface area contributed by atoms with Gasteiger partial charge in [0, 0.05) is 5.56 Å². The Bertz CT molecular complexity index is 282. The van der Waals surface area contributed by atoms with Crippen LogP contribution in [0.4, 0.5) is 0 Å². The molecule has 0 N–H and O–H groups in total. The fourth-order valence-electron chi connectivity index (χ4n) is 1.22. The second-order valence-electron chi connectivity index (χ2n) is 3.05. The van der Waals surface area contributed by atoms with Gasteiger partial charge in [0.25, 0.3) is 0 Å². The molecular weight excluding hydrogens is 160 g/mol. The van der Waals surface area contributed by atoms with Crippen LogP contribution >= 0.6 is 0 Å². The molecule has 0 bridgehead atoms. The third kappa shape index (κ3) is 2.62. The first-order valence-electron chi connectivity index (χ1n) is 4.59. The van der Waals surface area contributed by atoms with Crippen LogP contribution in [0.3, 0.4) is 0 Å². The van der Waals surface area contributed by atoms with E-state index in [-0.39, 0.29) is 0 Å². The average Bonchev–Trinajstić information content (AvgIpc) is 2.16. The summed E-state index contributed by atoms with van der Waals surface area (Å²) in [6.07, 6.45) is 3.09.